The van der Waals surface area contributed by atoms with Gasteiger partial charge < -0.3 is 9.47 Å². The summed E-state index contributed by atoms with van der Waals surface area (Å²) in [6, 6.07) is 0. The van der Waals surface area contributed by atoms with Crippen LogP contribution in [-0.4, -0.2) is 37.5 Å². The van der Waals surface area contributed by atoms with Crippen molar-refractivity contribution >= 4 is 24.2 Å². The zero-order valence-electron chi connectivity index (χ0n) is 14.6. The van der Waals surface area contributed by atoms with Crippen molar-refractivity contribution in [2.24, 2.45) is 0 Å². The lowest BCUT2D eigenvalue weighted by Crippen LogP contribution is -2.12. The molecular weight excluding hydrogens is 352 g/mol. The van der Waals surface area contributed by atoms with Crippen molar-refractivity contribution in [1.29, 1.82) is 0 Å². The van der Waals surface area contributed by atoms with Gasteiger partial charge in [0.15, 0.2) is 0 Å². The van der Waals surface area contributed by atoms with Gasteiger partial charge in [0.25, 0.3) is 0 Å². The topological polar surface area (TPSA) is 124 Å². The number of carbonyl (C=O) groups excluding carboxylic acids is 4. The molecule has 0 N–H and O–H groups in total. The first kappa shape index (κ1) is 23.0. The normalized spacial score (nSPS) is 10.4. The predicted molar refractivity (Wildman–Crippen MR) is 85.1 cm³/mol. The van der Waals surface area contributed by atoms with Crippen LogP contribution >= 0.6 is 0 Å². The SMILES string of the molecule is CC=CC(=O)OOC(=O)OCCCCCCOC(=O)OOC(=O)C=CC. The lowest BCUT2D eigenvalue weighted by atomic mass is 10.2. The summed E-state index contributed by atoms with van der Waals surface area (Å²) in [5.41, 5.74) is 0. The fraction of sp³-hybridized carbons (Fsp3) is 0.500. The highest BCUT2D eigenvalue weighted by Crippen LogP contribution is 2.02. The average Bonchev–Trinajstić information content (AvgIpc) is 2.61. The largest absolute Gasteiger partial charge is 0.549 e. The van der Waals surface area contributed by atoms with Gasteiger partial charge in [0.05, 0.1) is 13.2 Å². The molecule has 0 aliphatic heterocycles. The Bertz CT molecular complexity index is 463. The summed E-state index contributed by atoms with van der Waals surface area (Å²) in [7, 11) is 0. The predicted octanol–water partition coefficient (Wildman–Crippen LogP) is 2.92. The smallest absolute Gasteiger partial charge is 0.432 e. The Morgan fingerprint density at radius 1 is 0.615 bits per heavy atom. The zero-order valence-corrected chi connectivity index (χ0v) is 14.6. The second kappa shape index (κ2) is 15.5. The maximum absolute atomic E-state index is 11.1. The van der Waals surface area contributed by atoms with E-state index >= 15 is 0 Å². The minimum absolute atomic E-state index is 0.0871. The molecule has 0 spiro atoms. The number of ether oxygens (including phenoxy) is 2. The summed E-state index contributed by atoms with van der Waals surface area (Å²) >= 11 is 0. The van der Waals surface area contributed by atoms with Crippen LogP contribution in [0.15, 0.2) is 24.3 Å². The van der Waals surface area contributed by atoms with Crippen LogP contribution in [0.25, 0.3) is 0 Å². The molecule has 146 valence electrons. The Hall–Kier alpha value is -3.04. The molecule has 0 aliphatic rings. The van der Waals surface area contributed by atoms with Crippen LogP contribution in [0.3, 0.4) is 0 Å². The Morgan fingerprint density at radius 2 is 1.00 bits per heavy atom. The summed E-state index contributed by atoms with van der Waals surface area (Å²) in [6.07, 6.45) is 5.28. The van der Waals surface area contributed by atoms with Gasteiger partial charge in [-0.25, -0.2) is 29.1 Å². The van der Waals surface area contributed by atoms with Gasteiger partial charge in [-0.3, -0.25) is 0 Å². The van der Waals surface area contributed by atoms with Gasteiger partial charge in [-0.05, 0) is 39.5 Å². The Balaban J connectivity index is 3.48. The molecule has 26 heavy (non-hydrogen) atoms. The number of hydrogen-bond donors (Lipinski definition) is 0. The van der Waals surface area contributed by atoms with E-state index < -0.39 is 24.2 Å². The fourth-order valence-electron chi connectivity index (χ4n) is 1.39. The molecule has 0 aromatic heterocycles. The zero-order chi connectivity index (χ0) is 19.6. The van der Waals surface area contributed by atoms with E-state index in [1.165, 1.54) is 12.2 Å². The molecule has 0 fully saturated rings. The minimum atomic E-state index is -1.11. The van der Waals surface area contributed by atoms with Crippen LogP contribution in [0.2, 0.25) is 0 Å². The molecule has 10 heteroatoms. The van der Waals surface area contributed by atoms with Gasteiger partial charge in [-0.15, -0.1) is 0 Å². The first-order valence-corrected chi connectivity index (χ1v) is 7.85. The molecule has 0 saturated carbocycles. The average molecular weight is 374 g/mol. The maximum Gasteiger partial charge on any atom is 0.549 e. The van der Waals surface area contributed by atoms with E-state index in [4.69, 9.17) is 0 Å². The second-order valence-corrected chi connectivity index (χ2v) is 4.58. The minimum Gasteiger partial charge on any atom is -0.432 e. The molecule has 0 aliphatic carbocycles. The van der Waals surface area contributed by atoms with Crippen LogP contribution in [0.4, 0.5) is 9.59 Å². The summed E-state index contributed by atoms with van der Waals surface area (Å²) in [5.74, 6) is -1.64. The van der Waals surface area contributed by atoms with Crippen LogP contribution in [0.5, 0.6) is 0 Å². The highest BCUT2D eigenvalue weighted by Gasteiger charge is 2.09. The highest BCUT2D eigenvalue weighted by molar-refractivity contribution is 5.82. The Labute approximate surface area is 150 Å². The number of rotatable bonds is 9. The molecule has 0 aromatic carbocycles. The van der Waals surface area contributed by atoms with Crippen molar-refractivity contribution in [3.63, 3.8) is 0 Å². The lowest BCUT2D eigenvalue weighted by Gasteiger charge is -2.05. The first-order chi connectivity index (χ1) is 12.5. The summed E-state index contributed by atoms with van der Waals surface area (Å²) in [5, 5.41) is 0. The third kappa shape index (κ3) is 14.5. The Morgan fingerprint density at radius 3 is 1.35 bits per heavy atom. The quantitative estimate of drug-likeness (QED) is 0.195. The van der Waals surface area contributed by atoms with Gasteiger partial charge in [0.1, 0.15) is 0 Å². The standard InChI is InChI=1S/C16H22O10/c1-3-9-13(17)23-25-15(19)21-11-7-5-6-8-12-22-16(20)26-24-14(18)10-4-2/h3-4,9-10H,5-8,11-12H2,1-2H3. The van der Waals surface area contributed by atoms with Gasteiger partial charge in [0.2, 0.25) is 0 Å². The van der Waals surface area contributed by atoms with E-state index in [9.17, 15) is 19.2 Å². The van der Waals surface area contributed by atoms with Crippen molar-refractivity contribution in [3.05, 3.63) is 24.3 Å². The molecular formula is C16H22O10. The molecule has 0 heterocycles. The monoisotopic (exact) mass is 374 g/mol. The van der Waals surface area contributed by atoms with E-state index in [-0.39, 0.29) is 13.2 Å². The maximum atomic E-state index is 11.1. The van der Waals surface area contributed by atoms with Gasteiger partial charge in [-0.2, -0.15) is 9.59 Å². The molecule has 10 nitrogen and oxygen atoms in total. The molecule has 0 bridgehead atoms. The molecule has 0 aromatic rings. The summed E-state index contributed by atoms with van der Waals surface area (Å²) < 4.78 is 9.34. The van der Waals surface area contributed by atoms with Gasteiger partial charge in [-0.1, -0.05) is 12.2 Å². The van der Waals surface area contributed by atoms with Gasteiger partial charge >= 0.3 is 24.2 Å². The van der Waals surface area contributed by atoms with E-state index in [0.717, 1.165) is 12.2 Å². The van der Waals surface area contributed by atoms with Crippen molar-refractivity contribution in [3.8, 4) is 0 Å². The van der Waals surface area contributed by atoms with Crippen molar-refractivity contribution in [2.75, 3.05) is 13.2 Å². The number of hydrogen-bond acceptors (Lipinski definition) is 10. The Kier molecular flexibility index (Phi) is 13.7. The molecule has 0 atom stereocenters. The van der Waals surface area contributed by atoms with Crippen molar-refractivity contribution in [1.82, 2.24) is 0 Å². The highest BCUT2D eigenvalue weighted by atomic mass is 17.2. The third-order valence-corrected chi connectivity index (χ3v) is 2.47. The van der Waals surface area contributed by atoms with Crippen LogP contribution in [0.1, 0.15) is 39.5 Å². The number of carbonyl (C=O) groups is 4. The summed E-state index contributed by atoms with van der Waals surface area (Å²) in [4.78, 5) is 60.3. The molecule has 0 rings (SSSR count). The van der Waals surface area contributed by atoms with Crippen LogP contribution in [0, 0.1) is 0 Å². The van der Waals surface area contributed by atoms with Crippen LogP contribution in [-0.2, 0) is 38.6 Å². The molecule has 0 saturated heterocycles. The van der Waals surface area contributed by atoms with E-state index in [0.29, 0.717) is 25.7 Å². The fourth-order valence-corrected chi connectivity index (χ4v) is 1.39. The van der Waals surface area contributed by atoms with Gasteiger partial charge in [0, 0.05) is 12.2 Å². The van der Waals surface area contributed by atoms with Crippen LogP contribution < -0.4 is 0 Å². The summed E-state index contributed by atoms with van der Waals surface area (Å²) in [6.45, 7) is 3.38. The molecule has 0 unspecified atom stereocenters. The number of unbranched alkanes of at least 4 members (excludes halogenated alkanes) is 3. The molecule has 0 radical (unpaired) electrons. The second-order valence-electron chi connectivity index (χ2n) is 4.58. The van der Waals surface area contributed by atoms with Crippen molar-refractivity contribution < 1.29 is 48.2 Å². The van der Waals surface area contributed by atoms with E-state index in [1.807, 2.05) is 0 Å². The molecule has 0 amide bonds. The van der Waals surface area contributed by atoms with E-state index in [1.54, 1.807) is 13.8 Å². The van der Waals surface area contributed by atoms with Crippen molar-refractivity contribution in [2.45, 2.75) is 39.5 Å². The number of allylic oxidation sites excluding steroid dienone is 2. The third-order valence-electron chi connectivity index (χ3n) is 2.47. The lowest BCUT2D eigenvalue weighted by molar-refractivity contribution is -0.238. The van der Waals surface area contributed by atoms with E-state index in [2.05, 4.69) is 29.0 Å². The first-order valence-electron chi connectivity index (χ1n) is 7.85.